The summed E-state index contributed by atoms with van der Waals surface area (Å²) in [4.78, 5) is 25.8. The largest absolute Gasteiger partial charge is 0.352 e. The van der Waals surface area contributed by atoms with Gasteiger partial charge in [-0.3, -0.25) is 9.59 Å². The highest BCUT2D eigenvalue weighted by atomic mass is 35.5. The zero-order valence-corrected chi connectivity index (χ0v) is 17.5. The molecule has 2 aromatic rings. The van der Waals surface area contributed by atoms with E-state index in [-0.39, 0.29) is 24.2 Å². The Hall–Kier alpha value is -1.89. The fraction of sp³-hybridized carbons (Fsp3) is 0.429. The highest BCUT2D eigenvalue weighted by molar-refractivity contribution is 7.09. The number of amides is 2. The maximum absolute atomic E-state index is 12.4. The first-order valence-corrected chi connectivity index (χ1v) is 10.5. The summed E-state index contributed by atoms with van der Waals surface area (Å²) in [6, 6.07) is 11.3. The minimum absolute atomic E-state index is 0. The van der Waals surface area contributed by atoms with Crippen LogP contribution in [0.5, 0.6) is 0 Å². The average Bonchev–Trinajstić information content (AvgIpc) is 3.20. The fourth-order valence-corrected chi connectivity index (χ4v) is 4.03. The second-order valence-electron chi connectivity index (χ2n) is 6.98. The molecule has 1 aromatic carbocycles. The lowest BCUT2D eigenvalue weighted by Gasteiger charge is -2.22. The van der Waals surface area contributed by atoms with Crippen molar-refractivity contribution in [3.05, 3.63) is 52.2 Å². The molecular weight excluding hydrogens is 394 g/mol. The van der Waals surface area contributed by atoms with Gasteiger partial charge < -0.3 is 16.0 Å². The average molecular weight is 422 g/mol. The molecule has 3 N–H and O–H groups in total. The Balaban J connectivity index is 0.00000280. The second kappa shape index (κ2) is 11.8. The molecule has 1 saturated heterocycles. The molecule has 0 saturated carbocycles. The molecule has 2 heterocycles. The lowest BCUT2D eigenvalue weighted by molar-refractivity contribution is -0.116. The van der Waals surface area contributed by atoms with Gasteiger partial charge in [0.15, 0.2) is 0 Å². The van der Waals surface area contributed by atoms with Crippen LogP contribution in [0.15, 0.2) is 41.8 Å². The number of hydrogen-bond donors (Lipinski definition) is 3. The predicted octanol–water partition coefficient (Wildman–Crippen LogP) is 3.86. The molecule has 3 rings (SSSR count). The zero-order chi connectivity index (χ0) is 18.9. The van der Waals surface area contributed by atoms with E-state index in [1.807, 2.05) is 12.1 Å². The van der Waals surface area contributed by atoms with E-state index in [9.17, 15) is 9.59 Å². The number of benzene rings is 1. The molecule has 1 aromatic heterocycles. The van der Waals surface area contributed by atoms with Crippen molar-refractivity contribution >= 4 is 41.2 Å². The van der Waals surface area contributed by atoms with Gasteiger partial charge in [0.25, 0.3) is 5.91 Å². The molecule has 1 unspecified atom stereocenters. The van der Waals surface area contributed by atoms with Gasteiger partial charge in [-0.05, 0) is 74.3 Å². The summed E-state index contributed by atoms with van der Waals surface area (Å²) in [5, 5.41) is 11.3. The van der Waals surface area contributed by atoms with Gasteiger partial charge in [-0.25, -0.2) is 0 Å². The number of piperidine rings is 1. The molecule has 5 nitrogen and oxygen atoms in total. The van der Waals surface area contributed by atoms with E-state index in [4.69, 9.17) is 0 Å². The maximum atomic E-state index is 12.4. The molecule has 1 aliphatic heterocycles. The number of halogens is 1. The van der Waals surface area contributed by atoms with Gasteiger partial charge in [-0.15, -0.1) is 23.7 Å². The summed E-state index contributed by atoms with van der Waals surface area (Å²) in [5.41, 5.74) is 1.25. The van der Waals surface area contributed by atoms with Crippen molar-refractivity contribution in [2.75, 3.05) is 25.0 Å². The van der Waals surface area contributed by atoms with Crippen LogP contribution in [0, 0.1) is 5.92 Å². The predicted molar refractivity (Wildman–Crippen MR) is 118 cm³/mol. The third-order valence-electron chi connectivity index (χ3n) is 4.77. The van der Waals surface area contributed by atoms with Crippen LogP contribution in [0.3, 0.4) is 0 Å². The topological polar surface area (TPSA) is 70.2 Å². The van der Waals surface area contributed by atoms with E-state index in [2.05, 4.69) is 27.4 Å². The summed E-state index contributed by atoms with van der Waals surface area (Å²) in [5.74, 6) is 0.390. The molecule has 0 radical (unpaired) electrons. The van der Waals surface area contributed by atoms with Crippen molar-refractivity contribution in [2.45, 2.75) is 32.1 Å². The maximum Gasteiger partial charge on any atom is 0.251 e. The number of hydrogen-bond acceptors (Lipinski definition) is 4. The molecule has 28 heavy (non-hydrogen) atoms. The SMILES string of the molecule is Cl.O=C(CCCc1cccs1)Nc1cccc(C(=O)NCC2CCCNC2)c1. The van der Waals surface area contributed by atoms with Gasteiger partial charge in [-0.1, -0.05) is 12.1 Å². The molecule has 0 aliphatic carbocycles. The molecule has 1 aliphatic rings. The quantitative estimate of drug-likeness (QED) is 0.606. The summed E-state index contributed by atoms with van der Waals surface area (Å²) in [6.07, 6.45) is 4.53. The van der Waals surface area contributed by atoms with Gasteiger partial charge in [-0.2, -0.15) is 0 Å². The first-order valence-electron chi connectivity index (χ1n) is 9.62. The van der Waals surface area contributed by atoms with Crippen LogP contribution in [0.2, 0.25) is 0 Å². The summed E-state index contributed by atoms with van der Waals surface area (Å²) in [6.45, 7) is 2.71. The number of carbonyl (C=O) groups is 2. The zero-order valence-electron chi connectivity index (χ0n) is 15.9. The first-order chi connectivity index (χ1) is 13.2. The van der Waals surface area contributed by atoms with Crippen LogP contribution < -0.4 is 16.0 Å². The van der Waals surface area contributed by atoms with Crippen molar-refractivity contribution in [3.8, 4) is 0 Å². The van der Waals surface area contributed by atoms with Gasteiger partial charge >= 0.3 is 0 Å². The van der Waals surface area contributed by atoms with Gasteiger partial charge in [0.1, 0.15) is 0 Å². The Labute approximate surface area is 176 Å². The van der Waals surface area contributed by atoms with Crippen LogP contribution in [0.25, 0.3) is 0 Å². The Kier molecular flexibility index (Phi) is 9.47. The van der Waals surface area contributed by atoms with Crippen LogP contribution in [-0.4, -0.2) is 31.4 Å². The van der Waals surface area contributed by atoms with Crippen LogP contribution >= 0.6 is 23.7 Å². The molecule has 1 fully saturated rings. The Bertz CT molecular complexity index is 746. The van der Waals surface area contributed by atoms with E-state index in [0.717, 1.165) is 38.8 Å². The molecular formula is C21H28ClN3O2S. The smallest absolute Gasteiger partial charge is 0.251 e. The van der Waals surface area contributed by atoms with Gasteiger partial charge in [0.2, 0.25) is 5.91 Å². The number of thiophene rings is 1. The highest BCUT2D eigenvalue weighted by Gasteiger charge is 2.15. The normalized spacial score (nSPS) is 16.1. The van der Waals surface area contributed by atoms with Gasteiger partial charge in [0.05, 0.1) is 0 Å². The minimum atomic E-state index is -0.0885. The van der Waals surface area contributed by atoms with Crippen molar-refractivity contribution in [2.24, 2.45) is 5.92 Å². The number of anilines is 1. The van der Waals surface area contributed by atoms with E-state index in [0.29, 0.717) is 30.1 Å². The third kappa shape index (κ3) is 7.26. The first kappa shape index (κ1) is 22.4. The van der Waals surface area contributed by atoms with Crippen LogP contribution in [0.4, 0.5) is 5.69 Å². The Morgan fingerprint density at radius 2 is 2.11 bits per heavy atom. The van der Waals surface area contributed by atoms with E-state index in [1.165, 1.54) is 4.88 Å². The van der Waals surface area contributed by atoms with Gasteiger partial charge in [0, 0.05) is 29.1 Å². The summed E-state index contributed by atoms with van der Waals surface area (Å²) >= 11 is 1.72. The van der Waals surface area contributed by atoms with E-state index in [1.54, 1.807) is 29.5 Å². The molecule has 1 atom stereocenters. The van der Waals surface area contributed by atoms with Crippen LogP contribution in [0.1, 0.15) is 40.9 Å². The number of rotatable bonds is 8. The number of nitrogens with one attached hydrogen (secondary N) is 3. The standard InChI is InChI=1S/C21H27N3O2S.ClH/c25-20(10-2-8-19-9-4-12-27-19)24-18-7-1-6-17(13-18)21(26)23-15-16-5-3-11-22-14-16;/h1,4,6-7,9,12-13,16,22H,2-3,5,8,10-11,14-15H2,(H,23,26)(H,24,25);1H. The third-order valence-corrected chi connectivity index (χ3v) is 5.70. The molecule has 7 heteroatoms. The Morgan fingerprint density at radius 1 is 1.21 bits per heavy atom. The van der Waals surface area contributed by atoms with Crippen LogP contribution in [-0.2, 0) is 11.2 Å². The molecule has 152 valence electrons. The number of carbonyl (C=O) groups excluding carboxylic acids is 2. The highest BCUT2D eigenvalue weighted by Crippen LogP contribution is 2.15. The summed E-state index contributed by atoms with van der Waals surface area (Å²) < 4.78 is 0. The number of aryl methyl sites for hydroxylation is 1. The Morgan fingerprint density at radius 3 is 2.86 bits per heavy atom. The van der Waals surface area contributed by atoms with E-state index < -0.39 is 0 Å². The van der Waals surface area contributed by atoms with E-state index >= 15 is 0 Å². The van der Waals surface area contributed by atoms with Crippen molar-refractivity contribution in [1.82, 2.24) is 10.6 Å². The fourth-order valence-electron chi connectivity index (χ4n) is 3.28. The van der Waals surface area contributed by atoms with Crippen molar-refractivity contribution < 1.29 is 9.59 Å². The lowest BCUT2D eigenvalue weighted by atomic mass is 9.99. The van der Waals surface area contributed by atoms with Crippen molar-refractivity contribution in [1.29, 1.82) is 0 Å². The van der Waals surface area contributed by atoms with Crippen molar-refractivity contribution in [3.63, 3.8) is 0 Å². The minimum Gasteiger partial charge on any atom is -0.352 e. The molecule has 0 spiro atoms. The second-order valence-corrected chi connectivity index (χ2v) is 8.02. The lowest BCUT2D eigenvalue weighted by Crippen LogP contribution is -2.38. The molecule has 0 bridgehead atoms. The monoisotopic (exact) mass is 421 g/mol. The summed E-state index contributed by atoms with van der Waals surface area (Å²) in [7, 11) is 0. The molecule has 2 amide bonds.